The molecule has 1 saturated carbocycles. The van der Waals surface area contributed by atoms with Gasteiger partial charge in [0.1, 0.15) is 17.6 Å². The molecule has 0 spiro atoms. The predicted octanol–water partition coefficient (Wildman–Crippen LogP) is 4.78. The Morgan fingerprint density at radius 2 is 1.78 bits per heavy atom. The van der Waals surface area contributed by atoms with Gasteiger partial charge in [-0.25, -0.2) is 4.39 Å². The quantitative estimate of drug-likeness (QED) is 0.550. The minimum absolute atomic E-state index is 0.0555. The van der Waals surface area contributed by atoms with Gasteiger partial charge >= 0.3 is 0 Å². The van der Waals surface area contributed by atoms with E-state index in [1.54, 1.807) is 25.3 Å². The van der Waals surface area contributed by atoms with Crippen LogP contribution in [-0.2, 0) is 4.79 Å². The molecule has 1 unspecified atom stereocenters. The molecule has 2 N–H and O–H groups in total. The van der Waals surface area contributed by atoms with Gasteiger partial charge in [0, 0.05) is 6.54 Å². The maximum atomic E-state index is 14.1. The summed E-state index contributed by atoms with van der Waals surface area (Å²) >= 11 is 0. The summed E-state index contributed by atoms with van der Waals surface area (Å²) in [5, 5.41) is 4.31. The van der Waals surface area contributed by atoms with Crippen LogP contribution in [0.25, 0.3) is 0 Å². The van der Waals surface area contributed by atoms with Gasteiger partial charge in [-0.05, 0) is 55.7 Å². The Hall–Kier alpha value is -3.09. The van der Waals surface area contributed by atoms with E-state index in [4.69, 9.17) is 4.74 Å². The van der Waals surface area contributed by atoms with Crippen molar-refractivity contribution in [2.75, 3.05) is 19.1 Å². The normalized spacial score (nSPS) is 15.0. The first-order valence-electron chi connectivity index (χ1n) is 11.3. The standard InChI is InChI=1S/C25H32FN3O3/c1-3-29(28-19-13-15-20(32-2)16-14-19)25(31)23(17-18-9-5-4-6-10-18)27-24(30)21-11-7-8-12-22(21)26/h7-8,11-16,18,23,28H,3-6,9-10,17H2,1-2H3,(H,27,30). The number of methoxy groups -OCH3 is 1. The zero-order chi connectivity index (χ0) is 22.9. The number of nitrogens with one attached hydrogen (secondary N) is 2. The fourth-order valence-electron chi connectivity index (χ4n) is 4.16. The van der Waals surface area contributed by atoms with Crippen LogP contribution < -0.4 is 15.5 Å². The van der Waals surface area contributed by atoms with E-state index in [0.717, 1.165) is 37.1 Å². The van der Waals surface area contributed by atoms with Gasteiger partial charge < -0.3 is 10.1 Å². The lowest BCUT2D eigenvalue weighted by Crippen LogP contribution is -2.51. The highest BCUT2D eigenvalue weighted by atomic mass is 19.1. The largest absolute Gasteiger partial charge is 0.497 e. The Morgan fingerprint density at radius 1 is 1.09 bits per heavy atom. The number of amides is 2. The Balaban J connectivity index is 1.76. The maximum Gasteiger partial charge on any atom is 0.263 e. The van der Waals surface area contributed by atoms with Gasteiger partial charge in [0.05, 0.1) is 18.4 Å². The Kier molecular flexibility index (Phi) is 8.48. The van der Waals surface area contributed by atoms with Gasteiger partial charge in [0.2, 0.25) is 0 Å². The van der Waals surface area contributed by atoms with E-state index in [1.165, 1.54) is 29.6 Å². The minimum atomic E-state index is -0.740. The van der Waals surface area contributed by atoms with Gasteiger partial charge in [0.25, 0.3) is 11.8 Å². The van der Waals surface area contributed by atoms with Crippen molar-refractivity contribution in [2.24, 2.45) is 5.92 Å². The van der Waals surface area contributed by atoms with Crippen LogP contribution in [0.3, 0.4) is 0 Å². The molecule has 1 aliphatic carbocycles. The van der Waals surface area contributed by atoms with E-state index in [9.17, 15) is 14.0 Å². The summed E-state index contributed by atoms with van der Waals surface area (Å²) in [7, 11) is 1.60. The van der Waals surface area contributed by atoms with Gasteiger partial charge in [-0.1, -0.05) is 44.2 Å². The summed E-state index contributed by atoms with van der Waals surface area (Å²) in [6.45, 7) is 2.27. The minimum Gasteiger partial charge on any atom is -0.497 e. The lowest BCUT2D eigenvalue weighted by molar-refractivity contribution is -0.132. The molecule has 0 saturated heterocycles. The topological polar surface area (TPSA) is 70.7 Å². The summed E-state index contributed by atoms with van der Waals surface area (Å²) in [5.41, 5.74) is 3.80. The summed E-state index contributed by atoms with van der Waals surface area (Å²) in [6.07, 6.45) is 6.09. The second-order valence-electron chi connectivity index (χ2n) is 8.17. The number of carbonyl (C=O) groups is 2. The maximum absolute atomic E-state index is 14.1. The number of hydrazine groups is 1. The van der Waals surface area contributed by atoms with Gasteiger partial charge in [-0.15, -0.1) is 0 Å². The number of benzene rings is 2. The van der Waals surface area contributed by atoms with Crippen molar-refractivity contribution in [3.63, 3.8) is 0 Å². The molecule has 6 nitrogen and oxygen atoms in total. The molecule has 0 aromatic heterocycles. The van der Waals surface area contributed by atoms with E-state index in [2.05, 4.69) is 10.7 Å². The molecular weight excluding hydrogens is 409 g/mol. The second kappa shape index (κ2) is 11.5. The molecule has 0 radical (unpaired) electrons. The Morgan fingerprint density at radius 3 is 2.41 bits per heavy atom. The van der Waals surface area contributed by atoms with E-state index in [0.29, 0.717) is 18.9 Å². The second-order valence-corrected chi connectivity index (χ2v) is 8.17. The molecule has 2 aromatic carbocycles. The van der Waals surface area contributed by atoms with Crippen molar-refractivity contribution >= 4 is 17.5 Å². The van der Waals surface area contributed by atoms with Crippen LogP contribution >= 0.6 is 0 Å². The number of carbonyl (C=O) groups excluding carboxylic acids is 2. The number of hydrogen-bond donors (Lipinski definition) is 2. The smallest absolute Gasteiger partial charge is 0.263 e. The molecule has 0 heterocycles. The molecule has 32 heavy (non-hydrogen) atoms. The Bertz CT molecular complexity index is 898. The fourth-order valence-corrected chi connectivity index (χ4v) is 4.16. The highest BCUT2D eigenvalue weighted by molar-refractivity contribution is 5.97. The number of halogens is 1. The van der Waals surface area contributed by atoms with Crippen molar-refractivity contribution < 1.29 is 18.7 Å². The molecule has 7 heteroatoms. The zero-order valence-electron chi connectivity index (χ0n) is 18.8. The van der Waals surface area contributed by atoms with Crippen molar-refractivity contribution in [1.82, 2.24) is 10.3 Å². The van der Waals surface area contributed by atoms with Crippen LogP contribution in [0, 0.1) is 11.7 Å². The highest BCUT2D eigenvalue weighted by Gasteiger charge is 2.30. The van der Waals surface area contributed by atoms with Crippen LogP contribution in [-0.4, -0.2) is 36.5 Å². The lowest BCUT2D eigenvalue weighted by Gasteiger charge is -2.31. The summed E-state index contributed by atoms with van der Waals surface area (Å²) < 4.78 is 19.3. The molecular formula is C25H32FN3O3. The molecule has 3 rings (SSSR count). The molecule has 172 valence electrons. The van der Waals surface area contributed by atoms with E-state index in [1.807, 2.05) is 19.1 Å². The van der Waals surface area contributed by atoms with Gasteiger partial charge in [-0.2, -0.15) is 0 Å². The predicted molar refractivity (Wildman–Crippen MR) is 123 cm³/mol. The number of nitrogens with zero attached hydrogens (tertiary/aromatic N) is 1. The number of rotatable bonds is 9. The molecule has 1 fully saturated rings. The first-order valence-corrected chi connectivity index (χ1v) is 11.3. The number of hydrogen-bond acceptors (Lipinski definition) is 4. The molecule has 0 aliphatic heterocycles. The average Bonchev–Trinajstić information content (AvgIpc) is 2.83. The monoisotopic (exact) mass is 441 g/mol. The Labute approximate surface area is 189 Å². The van der Waals surface area contributed by atoms with E-state index in [-0.39, 0.29) is 11.5 Å². The van der Waals surface area contributed by atoms with Gasteiger partial charge in [0.15, 0.2) is 0 Å². The van der Waals surface area contributed by atoms with E-state index < -0.39 is 17.8 Å². The SMILES string of the molecule is CCN(Nc1ccc(OC)cc1)C(=O)C(CC1CCCCC1)NC(=O)c1ccccc1F. The van der Waals surface area contributed by atoms with Crippen LogP contribution in [0.1, 0.15) is 55.8 Å². The molecule has 1 atom stereocenters. The number of likely N-dealkylation sites (N-methyl/N-ethyl adjacent to an activating group) is 1. The average molecular weight is 442 g/mol. The van der Waals surface area contributed by atoms with Crippen LogP contribution in [0.5, 0.6) is 5.75 Å². The summed E-state index contributed by atoms with van der Waals surface area (Å²) in [4.78, 5) is 26.3. The van der Waals surface area contributed by atoms with Crippen LogP contribution in [0.2, 0.25) is 0 Å². The third kappa shape index (κ3) is 6.22. The third-order valence-electron chi connectivity index (χ3n) is 5.95. The van der Waals surface area contributed by atoms with Crippen molar-refractivity contribution in [3.8, 4) is 5.75 Å². The molecule has 0 bridgehead atoms. The fraction of sp³-hybridized carbons (Fsp3) is 0.440. The van der Waals surface area contributed by atoms with E-state index >= 15 is 0 Å². The lowest BCUT2D eigenvalue weighted by atomic mass is 9.84. The van der Waals surface area contributed by atoms with Crippen LogP contribution in [0.15, 0.2) is 48.5 Å². The zero-order valence-corrected chi connectivity index (χ0v) is 18.8. The van der Waals surface area contributed by atoms with Crippen molar-refractivity contribution in [3.05, 3.63) is 59.9 Å². The summed E-state index contributed by atoms with van der Waals surface area (Å²) in [5.74, 6) is -0.329. The molecule has 2 aromatic rings. The molecule has 1 aliphatic rings. The number of ether oxygens (including phenoxy) is 1. The van der Waals surface area contributed by atoms with Crippen LogP contribution in [0.4, 0.5) is 10.1 Å². The number of anilines is 1. The van der Waals surface area contributed by atoms with Gasteiger partial charge in [-0.3, -0.25) is 20.0 Å². The third-order valence-corrected chi connectivity index (χ3v) is 5.95. The summed E-state index contributed by atoms with van der Waals surface area (Å²) in [6, 6.07) is 12.3. The first kappa shape index (κ1) is 23.6. The first-order chi connectivity index (χ1) is 15.5. The van der Waals surface area contributed by atoms with Crippen molar-refractivity contribution in [2.45, 2.75) is 51.5 Å². The highest BCUT2D eigenvalue weighted by Crippen LogP contribution is 2.28. The van der Waals surface area contributed by atoms with Crippen molar-refractivity contribution in [1.29, 1.82) is 0 Å². The molecule has 2 amide bonds.